The van der Waals surface area contributed by atoms with E-state index in [1.807, 2.05) is 13.8 Å². The molecule has 1 aliphatic carbocycles. The smallest absolute Gasteiger partial charge is 0.316 e. The second-order valence-electron chi connectivity index (χ2n) is 9.37. The minimum Gasteiger partial charge on any atom is -0.481 e. The van der Waals surface area contributed by atoms with E-state index in [9.17, 15) is 9.00 Å². The second-order valence-corrected chi connectivity index (χ2v) is 10.9. The number of aliphatic carboxylic acids is 1. The van der Waals surface area contributed by atoms with E-state index < -0.39 is 22.4 Å². The van der Waals surface area contributed by atoms with Gasteiger partial charge in [-0.2, -0.15) is 4.98 Å². The average Bonchev–Trinajstić information content (AvgIpc) is 2.72. The van der Waals surface area contributed by atoms with E-state index in [1.54, 1.807) is 6.92 Å². The fourth-order valence-corrected chi connectivity index (χ4v) is 5.97. The lowest BCUT2D eigenvalue weighted by atomic mass is 9.79. The van der Waals surface area contributed by atoms with Crippen LogP contribution in [0.3, 0.4) is 0 Å². The summed E-state index contributed by atoms with van der Waals surface area (Å²) >= 11 is 0. The quantitative estimate of drug-likeness (QED) is 0.658. The van der Waals surface area contributed by atoms with Crippen LogP contribution in [0.25, 0.3) is 0 Å². The predicted molar refractivity (Wildman–Crippen MR) is 129 cm³/mol. The zero-order chi connectivity index (χ0) is 23.8. The highest BCUT2D eigenvalue weighted by Gasteiger charge is 2.35. The average molecular weight is 471 g/mol. The molecule has 2 heterocycles. The number of hydrogen-bond donors (Lipinski definition) is 2. The lowest BCUT2D eigenvalue weighted by Crippen LogP contribution is -2.41. The van der Waals surface area contributed by atoms with Crippen LogP contribution in [0.4, 0.5) is 11.5 Å². The minimum atomic E-state index is -1.28. The Morgan fingerprint density at radius 1 is 1.18 bits per heavy atom. The van der Waals surface area contributed by atoms with Crippen molar-refractivity contribution in [2.24, 2.45) is 10.9 Å². The van der Waals surface area contributed by atoms with Crippen LogP contribution in [-0.4, -0.2) is 48.1 Å². The van der Waals surface area contributed by atoms with Crippen molar-refractivity contribution < 1.29 is 18.8 Å². The van der Waals surface area contributed by atoms with Crippen molar-refractivity contribution in [1.29, 1.82) is 0 Å². The molecule has 0 amide bonds. The number of aromatic nitrogens is 2. The Morgan fingerprint density at radius 2 is 1.85 bits per heavy atom. The van der Waals surface area contributed by atoms with Gasteiger partial charge in [-0.15, -0.1) is 0 Å². The summed E-state index contributed by atoms with van der Waals surface area (Å²) in [5.41, 5.74) is 8.90. The number of rotatable bonds is 6. The Bertz CT molecular complexity index is 1110. The molecular formula is C24H30N4O4S. The molecule has 33 heavy (non-hydrogen) atoms. The molecule has 1 aromatic heterocycles. The van der Waals surface area contributed by atoms with Gasteiger partial charge in [0.15, 0.2) is 11.5 Å². The van der Waals surface area contributed by atoms with Crippen LogP contribution in [0.1, 0.15) is 62.4 Å². The normalized spacial score (nSPS) is 22.6. The number of carbonyl (C=O) groups is 1. The number of carboxylic acids is 1. The molecule has 1 saturated carbocycles. The van der Waals surface area contributed by atoms with Crippen LogP contribution < -0.4 is 10.5 Å². The number of ether oxygens (including phenoxy) is 1. The second kappa shape index (κ2) is 9.21. The molecule has 0 spiro atoms. The molecule has 4 rings (SSSR count). The highest BCUT2D eigenvalue weighted by atomic mass is 32.2. The summed E-state index contributed by atoms with van der Waals surface area (Å²) in [6, 6.07) is 8.44. The molecule has 0 radical (unpaired) electrons. The Hall–Kier alpha value is -2.81. The predicted octanol–water partition coefficient (Wildman–Crippen LogP) is 3.77. The molecule has 1 aromatic carbocycles. The van der Waals surface area contributed by atoms with Gasteiger partial charge in [-0.25, -0.2) is 9.98 Å². The van der Waals surface area contributed by atoms with Gasteiger partial charge in [0.2, 0.25) is 5.88 Å². The van der Waals surface area contributed by atoms with Crippen molar-refractivity contribution in [3.63, 3.8) is 0 Å². The molecule has 0 bridgehead atoms. The molecule has 9 heteroatoms. The van der Waals surface area contributed by atoms with Crippen molar-refractivity contribution in [2.75, 3.05) is 17.2 Å². The third-order valence-electron chi connectivity index (χ3n) is 6.34. The fourth-order valence-electron chi connectivity index (χ4n) is 4.72. The van der Waals surface area contributed by atoms with Gasteiger partial charge in [0.05, 0.1) is 5.71 Å². The number of carboxylic acid groups (broad SMARTS) is 1. The van der Waals surface area contributed by atoms with E-state index >= 15 is 0 Å². The molecule has 1 aliphatic heterocycles. The lowest BCUT2D eigenvalue weighted by molar-refractivity contribution is -0.133. The highest BCUT2D eigenvalue weighted by molar-refractivity contribution is 7.85. The Morgan fingerprint density at radius 3 is 2.48 bits per heavy atom. The maximum Gasteiger partial charge on any atom is 0.316 e. The summed E-state index contributed by atoms with van der Waals surface area (Å²) in [4.78, 5) is 24.1. The first-order chi connectivity index (χ1) is 15.6. The molecule has 176 valence electrons. The molecule has 8 nitrogen and oxygen atoms in total. The van der Waals surface area contributed by atoms with Gasteiger partial charge < -0.3 is 15.6 Å². The van der Waals surface area contributed by atoms with Crippen LogP contribution in [0.15, 0.2) is 29.3 Å². The number of nitrogens with two attached hydrogens (primary N) is 1. The van der Waals surface area contributed by atoms with E-state index in [0.717, 1.165) is 37.0 Å². The first-order valence-electron chi connectivity index (χ1n) is 11.2. The van der Waals surface area contributed by atoms with Gasteiger partial charge in [0.1, 0.15) is 17.2 Å². The van der Waals surface area contributed by atoms with E-state index in [-0.39, 0.29) is 5.75 Å². The van der Waals surface area contributed by atoms with Crippen LogP contribution in [0, 0.1) is 12.8 Å². The Kier molecular flexibility index (Phi) is 6.52. The van der Waals surface area contributed by atoms with Gasteiger partial charge in [0.25, 0.3) is 0 Å². The SMILES string of the molecule is Cc1nc(N)c2c(n1)OC(C)(C)C(c1ccc(C3CCC(CS(=O)CC(=O)O)CC3)cc1)=N2. The number of anilines is 1. The van der Waals surface area contributed by atoms with Crippen LogP contribution in [0.5, 0.6) is 5.88 Å². The Balaban J connectivity index is 1.46. The minimum absolute atomic E-state index is 0.257. The first kappa shape index (κ1) is 23.4. The summed E-state index contributed by atoms with van der Waals surface area (Å²) in [5, 5.41) is 8.80. The van der Waals surface area contributed by atoms with Crippen LogP contribution in [0.2, 0.25) is 0 Å². The van der Waals surface area contributed by atoms with E-state index in [4.69, 9.17) is 20.6 Å². The Labute approximate surface area is 196 Å². The summed E-state index contributed by atoms with van der Waals surface area (Å²) in [5.74, 6) is 1.29. The standard InChI is InChI=1S/C24H30N4O4S/c1-14-26-22(25)20-23(27-14)32-24(2,3)21(28-20)18-10-8-17(9-11-18)16-6-4-15(5-7-16)12-33(31)13-19(29)30/h8-11,15-16H,4-7,12-13H2,1-3H3,(H,29,30)(H2,25,26,27). The van der Waals surface area contributed by atoms with E-state index in [2.05, 4.69) is 34.2 Å². The monoisotopic (exact) mass is 470 g/mol. The molecule has 1 atom stereocenters. The van der Waals surface area contributed by atoms with Crippen molar-refractivity contribution in [1.82, 2.24) is 9.97 Å². The molecule has 2 aliphatic rings. The third-order valence-corrected chi connectivity index (χ3v) is 7.76. The summed E-state index contributed by atoms with van der Waals surface area (Å²) in [7, 11) is -1.28. The summed E-state index contributed by atoms with van der Waals surface area (Å²) in [6.07, 6.45) is 3.98. The van der Waals surface area contributed by atoms with Crippen molar-refractivity contribution in [3.05, 3.63) is 41.2 Å². The zero-order valence-electron chi connectivity index (χ0n) is 19.2. The molecule has 1 fully saturated rings. The van der Waals surface area contributed by atoms with Crippen molar-refractivity contribution in [2.45, 2.75) is 58.0 Å². The molecule has 1 unspecified atom stereocenters. The third kappa shape index (κ3) is 5.24. The van der Waals surface area contributed by atoms with Crippen LogP contribution >= 0.6 is 0 Å². The van der Waals surface area contributed by atoms with Gasteiger partial charge in [-0.05, 0) is 63.9 Å². The van der Waals surface area contributed by atoms with Gasteiger partial charge in [-0.3, -0.25) is 9.00 Å². The van der Waals surface area contributed by atoms with Crippen LogP contribution in [-0.2, 0) is 15.6 Å². The number of hydrogen-bond acceptors (Lipinski definition) is 7. The maximum atomic E-state index is 11.9. The largest absolute Gasteiger partial charge is 0.481 e. The fraction of sp³-hybridized carbons (Fsp3) is 0.500. The molecule has 0 saturated heterocycles. The first-order valence-corrected chi connectivity index (χ1v) is 12.7. The van der Waals surface area contributed by atoms with E-state index in [0.29, 0.717) is 40.8 Å². The topological polar surface area (TPSA) is 128 Å². The summed E-state index contributed by atoms with van der Waals surface area (Å²) in [6.45, 7) is 5.70. The lowest BCUT2D eigenvalue weighted by Gasteiger charge is -2.32. The van der Waals surface area contributed by atoms with Gasteiger partial charge in [-0.1, -0.05) is 24.3 Å². The zero-order valence-corrected chi connectivity index (χ0v) is 20.0. The van der Waals surface area contributed by atoms with Crippen molar-refractivity contribution >= 4 is 34.0 Å². The number of fused-ring (bicyclic) bond motifs is 1. The number of benzene rings is 1. The molecule has 2 aromatic rings. The van der Waals surface area contributed by atoms with Gasteiger partial charge in [0, 0.05) is 22.1 Å². The van der Waals surface area contributed by atoms with Crippen molar-refractivity contribution in [3.8, 4) is 5.88 Å². The number of nitrogen functional groups attached to an aromatic ring is 1. The molecular weight excluding hydrogens is 440 g/mol. The molecule has 3 N–H and O–H groups in total. The van der Waals surface area contributed by atoms with Gasteiger partial charge >= 0.3 is 5.97 Å². The number of nitrogens with zero attached hydrogens (tertiary/aromatic N) is 3. The highest BCUT2D eigenvalue weighted by Crippen LogP contribution is 2.40. The number of aryl methyl sites for hydroxylation is 1. The summed E-state index contributed by atoms with van der Waals surface area (Å²) < 4.78 is 18.1. The number of aliphatic imine (C=N–C) groups is 1. The maximum absolute atomic E-state index is 11.9. The van der Waals surface area contributed by atoms with E-state index in [1.165, 1.54) is 5.56 Å².